The molecule has 0 aliphatic rings. The number of rotatable bonds is 6. The number of nitrogens with zero attached hydrogens (tertiary/aromatic N) is 1. The van der Waals surface area contributed by atoms with Crippen molar-refractivity contribution in [2.24, 2.45) is 0 Å². The second-order valence-corrected chi connectivity index (χ2v) is 8.63. The van der Waals surface area contributed by atoms with Gasteiger partial charge in [-0.1, -0.05) is 23.7 Å². The maximum Gasteiger partial charge on any atom is 0.341 e. The summed E-state index contributed by atoms with van der Waals surface area (Å²) in [4.78, 5) is 24.1. The first-order chi connectivity index (χ1) is 13.6. The second kappa shape index (κ2) is 7.94. The lowest BCUT2D eigenvalue weighted by molar-refractivity contribution is 0.0695. The molecule has 10 heteroatoms. The Balaban J connectivity index is 2.20. The molecule has 2 N–H and O–H groups in total. The molecule has 0 fully saturated rings. The third-order valence-electron chi connectivity index (χ3n) is 4.44. The van der Waals surface area contributed by atoms with Crippen molar-refractivity contribution >= 4 is 38.5 Å². The van der Waals surface area contributed by atoms with Crippen LogP contribution >= 0.6 is 11.6 Å². The molecule has 1 heterocycles. The van der Waals surface area contributed by atoms with Gasteiger partial charge in [-0.25, -0.2) is 22.3 Å². The van der Waals surface area contributed by atoms with E-state index in [1.807, 2.05) is 0 Å². The van der Waals surface area contributed by atoms with E-state index in [1.54, 1.807) is 12.1 Å². The zero-order valence-corrected chi connectivity index (χ0v) is 16.7. The van der Waals surface area contributed by atoms with Crippen LogP contribution < -0.4 is 10.2 Å². The minimum Gasteiger partial charge on any atom is -0.477 e. The fourth-order valence-electron chi connectivity index (χ4n) is 2.97. The molecular formula is C19H16ClFN2O5S. The lowest BCUT2D eigenvalue weighted by Crippen LogP contribution is -2.26. The van der Waals surface area contributed by atoms with Crippen molar-refractivity contribution in [3.63, 3.8) is 0 Å². The summed E-state index contributed by atoms with van der Waals surface area (Å²) >= 11 is 6.05. The number of aromatic carboxylic acids is 1. The second-order valence-electron chi connectivity index (χ2n) is 6.32. The molecule has 0 saturated heterocycles. The van der Waals surface area contributed by atoms with Gasteiger partial charge in [0.25, 0.3) is 0 Å². The molecule has 0 saturated carbocycles. The van der Waals surface area contributed by atoms with Crippen LogP contribution in [0.25, 0.3) is 10.9 Å². The van der Waals surface area contributed by atoms with Gasteiger partial charge in [0.05, 0.1) is 5.52 Å². The van der Waals surface area contributed by atoms with Crippen LogP contribution in [-0.2, 0) is 22.3 Å². The van der Waals surface area contributed by atoms with Crippen molar-refractivity contribution in [1.29, 1.82) is 0 Å². The monoisotopic (exact) mass is 438 g/mol. The molecule has 152 valence electrons. The minimum absolute atomic E-state index is 0.0150. The lowest BCUT2D eigenvalue weighted by Gasteiger charge is -2.14. The fourth-order valence-corrected chi connectivity index (χ4v) is 3.91. The maximum atomic E-state index is 14.1. The topological polar surface area (TPSA) is 105 Å². The van der Waals surface area contributed by atoms with Gasteiger partial charge in [0.2, 0.25) is 15.5 Å². The van der Waals surface area contributed by atoms with Crippen LogP contribution in [-0.4, -0.2) is 31.1 Å². The first kappa shape index (κ1) is 21.0. The molecule has 0 spiro atoms. The quantitative estimate of drug-likeness (QED) is 0.615. The molecule has 0 radical (unpaired) electrons. The van der Waals surface area contributed by atoms with Crippen LogP contribution in [0.5, 0.6) is 0 Å². The highest BCUT2D eigenvalue weighted by Gasteiger charge is 2.18. The van der Waals surface area contributed by atoms with Crippen molar-refractivity contribution in [3.05, 3.63) is 80.3 Å². The number of hydrogen-bond donors (Lipinski definition) is 2. The Morgan fingerprint density at radius 2 is 2.00 bits per heavy atom. The highest BCUT2D eigenvalue weighted by Crippen LogP contribution is 2.24. The summed E-state index contributed by atoms with van der Waals surface area (Å²) in [6, 6.07) is 8.81. The fraction of sp³-hybridized carbons (Fsp3) is 0.158. The maximum absolute atomic E-state index is 14.1. The van der Waals surface area contributed by atoms with Crippen LogP contribution in [0.4, 0.5) is 4.39 Å². The van der Waals surface area contributed by atoms with E-state index >= 15 is 0 Å². The molecule has 0 atom stereocenters. The first-order valence-electron chi connectivity index (χ1n) is 8.36. The van der Waals surface area contributed by atoms with Crippen molar-refractivity contribution in [2.75, 3.05) is 7.05 Å². The predicted octanol–water partition coefficient (Wildman–Crippen LogP) is 2.59. The Kier molecular flexibility index (Phi) is 5.74. The van der Waals surface area contributed by atoms with Crippen LogP contribution in [0.1, 0.15) is 21.5 Å². The average molecular weight is 439 g/mol. The summed E-state index contributed by atoms with van der Waals surface area (Å²) in [5.74, 6) is -2.55. The van der Waals surface area contributed by atoms with Gasteiger partial charge < -0.3 is 9.67 Å². The van der Waals surface area contributed by atoms with Crippen LogP contribution in [0.15, 0.2) is 47.4 Å². The Hall–Kier alpha value is -2.75. The van der Waals surface area contributed by atoms with Gasteiger partial charge in [-0.15, -0.1) is 0 Å². The van der Waals surface area contributed by atoms with Gasteiger partial charge in [-0.3, -0.25) is 4.79 Å². The normalized spacial score (nSPS) is 11.7. The number of hydrogen-bond acceptors (Lipinski definition) is 4. The third kappa shape index (κ3) is 4.31. The number of fused-ring (bicyclic) bond motifs is 1. The zero-order valence-electron chi connectivity index (χ0n) is 15.1. The SMILES string of the molecule is CNS(=O)(=O)Cn1cc(C(=O)O)c(=O)c2cc(Cc3c(F)cccc3Cl)ccc21. The number of carboxylic acids is 1. The number of carboxylic acid groups (broad SMARTS) is 1. The van der Waals surface area contributed by atoms with E-state index in [4.69, 9.17) is 11.6 Å². The molecule has 0 bridgehead atoms. The Labute approximate surface area is 170 Å². The summed E-state index contributed by atoms with van der Waals surface area (Å²) in [6.07, 6.45) is 1.07. The summed E-state index contributed by atoms with van der Waals surface area (Å²) < 4.78 is 41.3. The molecule has 0 aliphatic carbocycles. The van der Waals surface area contributed by atoms with E-state index in [0.717, 1.165) is 6.20 Å². The Morgan fingerprint density at radius 1 is 1.28 bits per heavy atom. The van der Waals surface area contributed by atoms with Gasteiger partial charge >= 0.3 is 5.97 Å². The van der Waals surface area contributed by atoms with Crippen LogP contribution in [0, 0.1) is 5.82 Å². The molecule has 0 amide bonds. The van der Waals surface area contributed by atoms with E-state index < -0.39 is 38.7 Å². The smallest absolute Gasteiger partial charge is 0.341 e. The molecule has 7 nitrogen and oxygen atoms in total. The van der Waals surface area contributed by atoms with E-state index in [2.05, 4.69) is 4.72 Å². The van der Waals surface area contributed by atoms with Gasteiger partial charge in [-0.05, 0) is 36.9 Å². The van der Waals surface area contributed by atoms with Gasteiger partial charge in [0.15, 0.2) is 0 Å². The number of carbonyl (C=O) groups is 1. The standard InChI is InChI=1S/C19H16ClFN2O5S/c1-22-29(27,28)10-23-9-14(19(25)26)18(24)13-8-11(5-6-17(13)23)7-12-15(20)3-2-4-16(12)21/h2-6,8-9,22H,7,10H2,1H3,(H,25,26). The van der Waals surface area contributed by atoms with Crippen LogP contribution in [0.2, 0.25) is 5.02 Å². The molecule has 3 aromatic rings. The van der Waals surface area contributed by atoms with Crippen molar-refractivity contribution in [1.82, 2.24) is 9.29 Å². The Morgan fingerprint density at radius 3 is 2.62 bits per heavy atom. The summed E-state index contributed by atoms with van der Waals surface area (Å²) in [6.45, 7) is 0. The number of benzene rings is 2. The van der Waals surface area contributed by atoms with Crippen molar-refractivity contribution < 1.29 is 22.7 Å². The number of sulfonamides is 1. The molecular weight excluding hydrogens is 423 g/mol. The number of nitrogens with one attached hydrogen (secondary N) is 1. The molecule has 2 aromatic carbocycles. The van der Waals surface area contributed by atoms with E-state index in [-0.39, 0.29) is 27.9 Å². The zero-order chi connectivity index (χ0) is 21.3. The highest BCUT2D eigenvalue weighted by atomic mass is 35.5. The molecule has 1 aromatic heterocycles. The summed E-state index contributed by atoms with van der Waals surface area (Å²) in [7, 11) is -2.51. The van der Waals surface area contributed by atoms with Gasteiger partial charge in [0, 0.05) is 28.6 Å². The molecule has 3 rings (SSSR count). The van der Waals surface area contributed by atoms with E-state index in [1.165, 1.54) is 35.9 Å². The third-order valence-corrected chi connectivity index (χ3v) is 6.03. The van der Waals surface area contributed by atoms with Gasteiger partial charge in [0.1, 0.15) is 17.3 Å². The average Bonchev–Trinajstić information content (AvgIpc) is 2.66. The van der Waals surface area contributed by atoms with Gasteiger partial charge in [-0.2, -0.15) is 0 Å². The number of aromatic nitrogens is 1. The van der Waals surface area contributed by atoms with Crippen LogP contribution in [0.3, 0.4) is 0 Å². The van der Waals surface area contributed by atoms with Crippen molar-refractivity contribution in [3.8, 4) is 0 Å². The number of halogens is 2. The summed E-state index contributed by atoms with van der Waals surface area (Å²) in [5.41, 5.74) is -0.327. The number of pyridine rings is 1. The largest absolute Gasteiger partial charge is 0.477 e. The first-order valence-corrected chi connectivity index (χ1v) is 10.4. The molecule has 29 heavy (non-hydrogen) atoms. The predicted molar refractivity (Wildman–Crippen MR) is 107 cm³/mol. The molecule has 0 unspecified atom stereocenters. The van der Waals surface area contributed by atoms with Crippen molar-refractivity contribution in [2.45, 2.75) is 12.3 Å². The minimum atomic E-state index is -3.74. The van der Waals surface area contributed by atoms with E-state index in [9.17, 15) is 27.5 Å². The highest BCUT2D eigenvalue weighted by molar-refractivity contribution is 7.88. The Bertz CT molecular complexity index is 1270. The molecule has 0 aliphatic heterocycles. The van der Waals surface area contributed by atoms with E-state index in [0.29, 0.717) is 5.56 Å². The lowest BCUT2D eigenvalue weighted by atomic mass is 10.0. The summed E-state index contributed by atoms with van der Waals surface area (Å²) in [5, 5.41) is 9.58.